The van der Waals surface area contributed by atoms with E-state index in [4.69, 9.17) is 0 Å². The second kappa shape index (κ2) is 3.25. The van der Waals surface area contributed by atoms with Crippen LogP contribution in [0.3, 0.4) is 0 Å². The summed E-state index contributed by atoms with van der Waals surface area (Å²) < 4.78 is 0. The van der Waals surface area contributed by atoms with Gasteiger partial charge in [0.15, 0.2) is 5.17 Å². The SMILES string of the molecule is O=C(NC1=NCCS1)C1[C@@H]2[C@H]3CC[C@@H](C3)[C@@H]12. The predicted octanol–water partition coefficient (Wildman–Crippen LogP) is 1.50. The third-order valence-corrected chi connectivity index (χ3v) is 5.74. The first-order valence-electron chi connectivity index (χ1n) is 6.33. The van der Waals surface area contributed by atoms with Crippen LogP contribution in [0, 0.1) is 29.6 Å². The minimum Gasteiger partial charge on any atom is -0.305 e. The highest BCUT2D eigenvalue weighted by atomic mass is 32.2. The van der Waals surface area contributed by atoms with Gasteiger partial charge in [0.2, 0.25) is 5.91 Å². The Hall–Kier alpha value is -0.510. The summed E-state index contributed by atoms with van der Waals surface area (Å²) in [6.45, 7) is 0.864. The second-order valence-corrected chi connectivity index (χ2v) is 6.62. The van der Waals surface area contributed by atoms with Crippen molar-refractivity contribution < 1.29 is 4.79 Å². The molecule has 1 heterocycles. The fourth-order valence-corrected chi connectivity index (χ4v) is 5.01. The molecule has 16 heavy (non-hydrogen) atoms. The Balaban J connectivity index is 1.43. The van der Waals surface area contributed by atoms with Gasteiger partial charge in [-0.05, 0) is 42.9 Å². The number of amidine groups is 1. The molecular weight excluding hydrogens is 220 g/mol. The van der Waals surface area contributed by atoms with Gasteiger partial charge in [0.05, 0.1) is 6.54 Å². The molecule has 3 saturated carbocycles. The molecule has 0 aromatic carbocycles. The van der Waals surface area contributed by atoms with Crippen molar-refractivity contribution in [3.63, 3.8) is 0 Å². The van der Waals surface area contributed by atoms with Gasteiger partial charge in [0.1, 0.15) is 0 Å². The average molecular weight is 236 g/mol. The van der Waals surface area contributed by atoms with E-state index in [0.29, 0.717) is 5.92 Å². The van der Waals surface area contributed by atoms with Gasteiger partial charge >= 0.3 is 0 Å². The maximum absolute atomic E-state index is 12.1. The summed E-state index contributed by atoms with van der Waals surface area (Å²) >= 11 is 1.68. The lowest BCUT2D eigenvalue weighted by Gasteiger charge is -2.08. The molecule has 4 aliphatic rings. The first-order chi connectivity index (χ1) is 7.84. The predicted molar refractivity (Wildman–Crippen MR) is 64.2 cm³/mol. The number of carbonyl (C=O) groups is 1. The van der Waals surface area contributed by atoms with Gasteiger partial charge in [-0.25, -0.2) is 0 Å². The zero-order valence-electron chi connectivity index (χ0n) is 9.19. The summed E-state index contributed by atoms with van der Waals surface area (Å²) in [5, 5.41) is 3.88. The zero-order chi connectivity index (χ0) is 10.7. The number of nitrogens with zero attached hydrogens (tertiary/aromatic N) is 1. The van der Waals surface area contributed by atoms with Crippen molar-refractivity contribution in [3.8, 4) is 0 Å². The van der Waals surface area contributed by atoms with Gasteiger partial charge in [-0.15, -0.1) is 0 Å². The molecule has 4 heteroatoms. The summed E-state index contributed by atoms with van der Waals surface area (Å²) in [5.41, 5.74) is 0. The van der Waals surface area contributed by atoms with Crippen molar-refractivity contribution in [1.82, 2.24) is 5.32 Å². The molecule has 4 atom stereocenters. The van der Waals surface area contributed by atoms with Crippen LogP contribution in [0.15, 0.2) is 4.99 Å². The van der Waals surface area contributed by atoms with Gasteiger partial charge < -0.3 is 5.32 Å². The number of aliphatic imine (C=N–C) groups is 1. The molecule has 0 radical (unpaired) electrons. The van der Waals surface area contributed by atoms with Crippen molar-refractivity contribution in [1.29, 1.82) is 0 Å². The summed E-state index contributed by atoms with van der Waals surface area (Å²) in [7, 11) is 0. The maximum Gasteiger partial charge on any atom is 0.229 e. The first-order valence-corrected chi connectivity index (χ1v) is 7.31. The van der Waals surface area contributed by atoms with Crippen LogP contribution in [0.2, 0.25) is 0 Å². The van der Waals surface area contributed by atoms with Crippen LogP contribution in [0.1, 0.15) is 19.3 Å². The number of hydrogen-bond donors (Lipinski definition) is 1. The highest BCUT2D eigenvalue weighted by molar-refractivity contribution is 8.14. The fourth-order valence-electron chi connectivity index (χ4n) is 4.28. The van der Waals surface area contributed by atoms with Crippen molar-refractivity contribution in [2.24, 2.45) is 34.6 Å². The quantitative estimate of drug-likeness (QED) is 0.749. The van der Waals surface area contributed by atoms with Gasteiger partial charge in [-0.2, -0.15) is 0 Å². The lowest BCUT2D eigenvalue weighted by atomic mass is 10.0. The number of nitrogens with one attached hydrogen (secondary N) is 1. The molecule has 1 amide bonds. The highest BCUT2D eigenvalue weighted by Crippen LogP contribution is 2.69. The standard InChI is InChI=1S/C12H16N2OS/c15-11(14-12-13-3-4-16-12)10-8-6-1-2-7(5-6)9(8)10/h6-10H,1-5H2,(H,13,14,15)/t6-,7-,8+,9+/m0/s1. The number of fused-ring (bicyclic) bond motifs is 5. The monoisotopic (exact) mass is 236 g/mol. The van der Waals surface area contributed by atoms with Crippen LogP contribution in [0.25, 0.3) is 0 Å². The molecule has 4 rings (SSSR count). The molecule has 2 bridgehead atoms. The molecule has 0 spiro atoms. The molecule has 0 aromatic rings. The Bertz CT molecular complexity index is 365. The highest BCUT2D eigenvalue weighted by Gasteiger charge is 2.67. The van der Waals surface area contributed by atoms with Crippen molar-refractivity contribution >= 4 is 22.8 Å². The third-order valence-electron chi connectivity index (χ3n) is 4.85. The van der Waals surface area contributed by atoms with Crippen LogP contribution < -0.4 is 5.32 Å². The third kappa shape index (κ3) is 1.22. The Labute approximate surface area is 99.5 Å². The summed E-state index contributed by atoms with van der Waals surface area (Å²) in [5.74, 6) is 4.87. The molecule has 3 nitrogen and oxygen atoms in total. The summed E-state index contributed by atoms with van der Waals surface area (Å²) in [4.78, 5) is 16.4. The molecular formula is C12H16N2OS. The number of thioether (sulfide) groups is 1. The lowest BCUT2D eigenvalue weighted by molar-refractivity contribution is -0.121. The van der Waals surface area contributed by atoms with Crippen LogP contribution in [-0.4, -0.2) is 23.4 Å². The molecule has 1 aliphatic heterocycles. The van der Waals surface area contributed by atoms with Gasteiger partial charge in [0, 0.05) is 11.7 Å². The van der Waals surface area contributed by atoms with Gasteiger partial charge in [-0.3, -0.25) is 9.79 Å². The van der Waals surface area contributed by atoms with Gasteiger partial charge in [-0.1, -0.05) is 11.8 Å². The molecule has 0 unspecified atom stereocenters. The number of amides is 1. The average Bonchev–Trinajstić information content (AvgIpc) is 2.73. The van der Waals surface area contributed by atoms with E-state index in [1.165, 1.54) is 19.3 Å². The number of rotatable bonds is 1. The largest absolute Gasteiger partial charge is 0.305 e. The smallest absolute Gasteiger partial charge is 0.229 e. The van der Waals surface area contributed by atoms with E-state index in [9.17, 15) is 4.79 Å². The molecule has 0 saturated heterocycles. The number of hydrogen-bond acceptors (Lipinski definition) is 3. The minimum atomic E-state index is 0.264. The molecule has 1 N–H and O–H groups in total. The van der Waals surface area contributed by atoms with E-state index in [0.717, 1.165) is 41.1 Å². The van der Waals surface area contributed by atoms with Crippen LogP contribution >= 0.6 is 11.8 Å². The van der Waals surface area contributed by atoms with Crippen LogP contribution in [0.5, 0.6) is 0 Å². The Morgan fingerprint density at radius 1 is 1.31 bits per heavy atom. The Morgan fingerprint density at radius 2 is 2.06 bits per heavy atom. The topological polar surface area (TPSA) is 41.5 Å². The van der Waals surface area contributed by atoms with Crippen LogP contribution in [-0.2, 0) is 4.79 Å². The normalized spacial score (nSPS) is 47.8. The van der Waals surface area contributed by atoms with Crippen molar-refractivity contribution in [3.05, 3.63) is 0 Å². The minimum absolute atomic E-state index is 0.264. The second-order valence-electron chi connectivity index (χ2n) is 5.54. The summed E-state index contributed by atoms with van der Waals surface area (Å²) in [6, 6.07) is 0. The van der Waals surface area contributed by atoms with Gasteiger partial charge in [0.25, 0.3) is 0 Å². The molecule has 86 valence electrons. The molecule has 0 aromatic heterocycles. The van der Waals surface area contributed by atoms with Crippen molar-refractivity contribution in [2.45, 2.75) is 19.3 Å². The van der Waals surface area contributed by atoms with E-state index in [1.54, 1.807) is 11.8 Å². The van der Waals surface area contributed by atoms with E-state index < -0.39 is 0 Å². The van der Waals surface area contributed by atoms with Crippen LogP contribution in [0.4, 0.5) is 0 Å². The first kappa shape index (κ1) is 9.51. The van der Waals surface area contributed by atoms with Crippen molar-refractivity contribution in [2.75, 3.05) is 12.3 Å². The molecule has 3 fully saturated rings. The van der Waals surface area contributed by atoms with E-state index in [-0.39, 0.29) is 5.91 Å². The maximum atomic E-state index is 12.1. The Morgan fingerprint density at radius 3 is 2.69 bits per heavy atom. The zero-order valence-corrected chi connectivity index (χ0v) is 10.0. The van der Waals surface area contributed by atoms with E-state index in [1.807, 2.05) is 0 Å². The van der Waals surface area contributed by atoms with E-state index in [2.05, 4.69) is 10.3 Å². The fraction of sp³-hybridized carbons (Fsp3) is 0.833. The molecule has 3 aliphatic carbocycles. The summed E-state index contributed by atoms with van der Waals surface area (Å²) in [6.07, 6.45) is 4.17. The Kier molecular flexibility index (Phi) is 1.93. The lowest BCUT2D eigenvalue weighted by Crippen LogP contribution is -2.30. The number of carbonyl (C=O) groups excluding carboxylic acids is 1. The van der Waals surface area contributed by atoms with E-state index >= 15 is 0 Å².